The predicted molar refractivity (Wildman–Crippen MR) is 69.7 cm³/mol. The zero-order chi connectivity index (χ0) is 15.1. The Labute approximate surface area is 116 Å². The van der Waals surface area contributed by atoms with Gasteiger partial charge in [0, 0.05) is 0 Å². The summed E-state index contributed by atoms with van der Waals surface area (Å²) in [5.41, 5.74) is 0. The Hall–Kier alpha value is -2.28. The molecule has 0 fully saturated rings. The van der Waals surface area contributed by atoms with Crippen LogP contribution in [0.3, 0.4) is 0 Å². The number of ether oxygens (including phenoxy) is 2. The van der Waals surface area contributed by atoms with Crippen LogP contribution >= 0.6 is 0 Å². The van der Waals surface area contributed by atoms with Crippen molar-refractivity contribution in [2.24, 2.45) is 0 Å². The molecule has 3 N–H and O–H groups in total. The second kappa shape index (κ2) is 7.34. The van der Waals surface area contributed by atoms with Gasteiger partial charge in [-0.05, 0) is 31.2 Å². The van der Waals surface area contributed by atoms with Crippen molar-refractivity contribution in [2.75, 3.05) is 13.7 Å². The van der Waals surface area contributed by atoms with E-state index in [-0.39, 0.29) is 6.61 Å². The van der Waals surface area contributed by atoms with Crippen LogP contribution < -0.4 is 14.8 Å². The van der Waals surface area contributed by atoms with Gasteiger partial charge in [-0.15, -0.1) is 0 Å². The number of carboxylic acids is 1. The number of carbonyl (C=O) groups is 2. The highest BCUT2D eigenvalue weighted by Crippen LogP contribution is 2.16. The molecule has 0 aromatic heterocycles. The monoisotopic (exact) mass is 283 g/mol. The first kappa shape index (κ1) is 15.8. The quantitative estimate of drug-likeness (QED) is 0.652. The minimum atomic E-state index is -1.36. The second-order valence-electron chi connectivity index (χ2n) is 4.09. The average molecular weight is 283 g/mol. The third kappa shape index (κ3) is 4.77. The molecule has 0 aliphatic heterocycles. The number of carboxylic acid groups (broad SMARTS) is 1. The zero-order valence-corrected chi connectivity index (χ0v) is 11.2. The first-order valence-electron chi connectivity index (χ1n) is 5.91. The summed E-state index contributed by atoms with van der Waals surface area (Å²) in [6, 6.07) is 5.22. The maximum absolute atomic E-state index is 11.5. The van der Waals surface area contributed by atoms with Gasteiger partial charge in [0.1, 0.15) is 11.5 Å². The van der Waals surface area contributed by atoms with E-state index < -0.39 is 24.0 Å². The summed E-state index contributed by atoms with van der Waals surface area (Å²) in [7, 11) is 1.53. The fourth-order valence-electron chi connectivity index (χ4n) is 1.42. The molecule has 1 aromatic carbocycles. The third-order valence-electron chi connectivity index (χ3n) is 2.49. The van der Waals surface area contributed by atoms with Gasteiger partial charge in [-0.2, -0.15) is 0 Å². The number of hydrogen-bond donors (Lipinski definition) is 3. The number of aliphatic hydroxyl groups excluding tert-OH is 1. The molecule has 7 heteroatoms. The summed E-state index contributed by atoms with van der Waals surface area (Å²) in [6.45, 7) is 0.937. The maximum atomic E-state index is 11.5. The smallest absolute Gasteiger partial charge is 0.328 e. The Morgan fingerprint density at radius 2 is 1.80 bits per heavy atom. The van der Waals surface area contributed by atoms with Gasteiger partial charge < -0.3 is 25.0 Å². The normalized spacial score (nSPS) is 13.2. The Morgan fingerprint density at radius 1 is 1.25 bits per heavy atom. The van der Waals surface area contributed by atoms with Crippen LogP contribution in [0.2, 0.25) is 0 Å². The SMILES string of the molecule is COc1ccc(OCC(=O)NC(C(=O)O)C(C)O)cc1. The summed E-state index contributed by atoms with van der Waals surface area (Å²) in [4.78, 5) is 22.3. The lowest BCUT2D eigenvalue weighted by molar-refractivity contribution is -0.145. The molecular weight excluding hydrogens is 266 g/mol. The Kier molecular flexibility index (Phi) is 5.79. The summed E-state index contributed by atoms with van der Waals surface area (Å²) in [5, 5.41) is 20.2. The summed E-state index contributed by atoms with van der Waals surface area (Å²) < 4.78 is 10.2. The van der Waals surface area contributed by atoms with Crippen molar-refractivity contribution in [1.82, 2.24) is 5.32 Å². The van der Waals surface area contributed by atoms with E-state index >= 15 is 0 Å². The molecule has 0 saturated carbocycles. The lowest BCUT2D eigenvalue weighted by Crippen LogP contribution is -2.49. The number of benzene rings is 1. The molecule has 1 aromatic rings. The van der Waals surface area contributed by atoms with Gasteiger partial charge >= 0.3 is 5.97 Å². The number of nitrogens with one attached hydrogen (secondary N) is 1. The van der Waals surface area contributed by atoms with Crippen molar-refractivity contribution in [2.45, 2.75) is 19.1 Å². The second-order valence-corrected chi connectivity index (χ2v) is 4.09. The van der Waals surface area contributed by atoms with Crippen molar-refractivity contribution in [1.29, 1.82) is 0 Å². The number of hydrogen-bond acceptors (Lipinski definition) is 5. The van der Waals surface area contributed by atoms with Crippen molar-refractivity contribution >= 4 is 11.9 Å². The van der Waals surface area contributed by atoms with E-state index in [0.29, 0.717) is 11.5 Å². The van der Waals surface area contributed by atoms with Gasteiger partial charge in [0.2, 0.25) is 0 Å². The van der Waals surface area contributed by atoms with E-state index in [1.165, 1.54) is 14.0 Å². The van der Waals surface area contributed by atoms with Gasteiger partial charge in [0.25, 0.3) is 5.91 Å². The lowest BCUT2D eigenvalue weighted by atomic mass is 10.2. The first-order chi connectivity index (χ1) is 9.43. The fraction of sp³-hybridized carbons (Fsp3) is 0.385. The molecule has 7 nitrogen and oxygen atoms in total. The van der Waals surface area contributed by atoms with Gasteiger partial charge in [-0.1, -0.05) is 0 Å². The lowest BCUT2D eigenvalue weighted by Gasteiger charge is -2.17. The highest BCUT2D eigenvalue weighted by atomic mass is 16.5. The Bertz CT molecular complexity index is 456. The van der Waals surface area contributed by atoms with Crippen LogP contribution in [0.5, 0.6) is 11.5 Å². The predicted octanol–water partition coefficient (Wildman–Crippen LogP) is 0.0242. The molecule has 0 radical (unpaired) electrons. The number of amides is 1. The molecule has 0 aliphatic carbocycles. The minimum Gasteiger partial charge on any atom is -0.497 e. The van der Waals surface area contributed by atoms with E-state index in [1.807, 2.05) is 0 Å². The Morgan fingerprint density at radius 3 is 2.25 bits per heavy atom. The standard InChI is InChI=1S/C13H17NO6/c1-8(15)12(13(17)18)14-11(16)7-20-10-5-3-9(19-2)4-6-10/h3-6,8,12,15H,7H2,1-2H3,(H,14,16)(H,17,18). The van der Waals surface area contributed by atoms with Crippen molar-refractivity contribution in [3.63, 3.8) is 0 Å². The number of aliphatic carboxylic acids is 1. The van der Waals surface area contributed by atoms with Crippen molar-refractivity contribution < 1.29 is 29.3 Å². The number of rotatable bonds is 7. The van der Waals surface area contributed by atoms with E-state index in [2.05, 4.69) is 5.32 Å². The van der Waals surface area contributed by atoms with Crippen LogP contribution in [0.25, 0.3) is 0 Å². The molecule has 20 heavy (non-hydrogen) atoms. The topological polar surface area (TPSA) is 105 Å². The number of aliphatic hydroxyl groups is 1. The van der Waals surface area contributed by atoms with E-state index in [1.54, 1.807) is 24.3 Å². The third-order valence-corrected chi connectivity index (χ3v) is 2.49. The van der Waals surface area contributed by atoms with Crippen LogP contribution in [0.15, 0.2) is 24.3 Å². The molecule has 1 rings (SSSR count). The van der Waals surface area contributed by atoms with E-state index in [4.69, 9.17) is 14.6 Å². The fourth-order valence-corrected chi connectivity index (χ4v) is 1.42. The maximum Gasteiger partial charge on any atom is 0.328 e. The molecule has 0 heterocycles. The molecule has 110 valence electrons. The molecule has 0 saturated heterocycles. The summed E-state index contributed by atoms with van der Waals surface area (Å²) in [5.74, 6) is -0.835. The number of carbonyl (C=O) groups excluding carboxylic acids is 1. The van der Waals surface area contributed by atoms with Gasteiger partial charge in [0.05, 0.1) is 13.2 Å². The summed E-state index contributed by atoms with van der Waals surface area (Å²) >= 11 is 0. The van der Waals surface area contributed by atoms with Crippen LogP contribution in [0.4, 0.5) is 0 Å². The van der Waals surface area contributed by atoms with E-state index in [9.17, 15) is 14.7 Å². The highest BCUT2D eigenvalue weighted by molar-refractivity contribution is 5.84. The van der Waals surface area contributed by atoms with Crippen LogP contribution in [0, 0.1) is 0 Å². The molecule has 0 aliphatic rings. The first-order valence-corrected chi connectivity index (χ1v) is 5.91. The summed E-state index contributed by atoms with van der Waals surface area (Å²) in [6.07, 6.45) is -1.20. The van der Waals surface area contributed by atoms with E-state index in [0.717, 1.165) is 0 Å². The highest BCUT2D eigenvalue weighted by Gasteiger charge is 2.24. The Balaban J connectivity index is 2.47. The molecule has 2 atom stereocenters. The molecule has 1 amide bonds. The van der Waals surface area contributed by atoms with Crippen LogP contribution in [0.1, 0.15) is 6.92 Å². The van der Waals surface area contributed by atoms with Gasteiger partial charge in [-0.25, -0.2) is 4.79 Å². The van der Waals surface area contributed by atoms with Crippen LogP contribution in [-0.4, -0.2) is 48.0 Å². The van der Waals surface area contributed by atoms with Crippen LogP contribution in [-0.2, 0) is 9.59 Å². The zero-order valence-electron chi connectivity index (χ0n) is 11.2. The van der Waals surface area contributed by atoms with Gasteiger partial charge in [-0.3, -0.25) is 4.79 Å². The minimum absolute atomic E-state index is 0.344. The van der Waals surface area contributed by atoms with Gasteiger partial charge in [0.15, 0.2) is 12.6 Å². The molecule has 2 unspecified atom stereocenters. The largest absolute Gasteiger partial charge is 0.497 e. The number of methoxy groups -OCH3 is 1. The van der Waals surface area contributed by atoms with Crippen molar-refractivity contribution in [3.8, 4) is 11.5 Å². The molecular formula is C13H17NO6. The molecule has 0 bridgehead atoms. The molecule has 0 spiro atoms. The average Bonchev–Trinajstić information content (AvgIpc) is 2.42. The van der Waals surface area contributed by atoms with Crippen molar-refractivity contribution in [3.05, 3.63) is 24.3 Å².